The molecule has 4 nitrogen and oxygen atoms in total. The Morgan fingerprint density at radius 3 is 2.61 bits per heavy atom. The van der Waals surface area contributed by atoms with Gasteiger partial charge in [-0.15, -0.1) is 0 Å². The summed E-state index contributed by atoms with van der Waals surface area (Å²) in [6.07, 6.45) is 0. The van der Waals surface area contributed by atoms with Crippen LogP contribution in [0, 0.1) is 18.3 Å². The highest BCUT2D eigenvalue weighted by molar-refractivity contribution is 6.12. The van der Waals surface area contributed by atoms with Crippen molar-refractivity contribution in [1.29, 1.82) is 5.26 Å². The van der Waals surface area contributed by atoms with Crippen molar-refractivity contribution in [3.63, 3.8) is 0 Å². The largest absolute Gasteiger partial charge is 0.489 e. The molecule has 0 aliphatic heterocycles. The van der Waals surface area contributed by atoms with Crippen molar-refractivity contribution in [2.45, 2.75) is 33.3 Å². The molecule has 0 aromatic heterocycles. The average Bonchev–Trinajstić information content (AvgIpc) is 2.55. The van der Waals surface area contributed by atoms with Crippen LogP contribution in [0.1, 0.15) is 42.0 Å². The van der Waals surface area contributed by atoms with Crippen LogP contribution in [0.15, 0.2) is 47.6 Å². The zero-order chi connectivity index (χ0) is 16.8. The summed E-state index contributed by atoms with van der Waals surface area (Å²) in [5.74, 6) is 1.25. The maximum absolute atomic E-state index is 9.03. The van der Waals surface area contributed by atoms with Gasteiger partial charge in [0.1, 0.15) is 18.4 Å². The predicted octanol–water partition coefficient (Wildman–Crippen LogP) is 4.40. The molecule has 0 aliphatic carbocycles. The number of rotatable bonds is 5. The zero-order valence-corrected chi connectivity index (χ0v) is 13.6. The number of oxime groups is 1. The first-order valence-electron chi connectivity index (χ1n) is 7.50. The molecule has 2 aromatic carbocycles. The molecule has 0 spiro atoms. The number of benzene rings is 2. The molecule has 4 heteroatoms. The maximum Gasteiger partial charge on any atom is 0.187 e. The van der Waals surface area contributed by atoms with Gasteiger partial charge in [0.2, 0.25) is 0 Å². The molecule has 2 aromatic rings. The second-order valence-electron chi connectivity index (χ2n) is 5.68. The number of nitrogens with zero attached hydrogens (tertiary/aromatic N) is 2. The normalized spacial score (nSPS) is 11.3. The third kappa shape index (κ3) is 3.89. The summed E-state index contributed by atoms with van der Waals surface area (Å²) in [5.41, 5.74) is 3.85. The van der Waals surface area contributed by atoms with Gasteiger partial charge in [0.05, 0.1) is 0 Å². The minimum absolute atomic E-state index is 0.0180. The highest BCUT2D eigenvalue weighted by atomic mass is 16.5. The van der Waals surface area contributed by atoms with E-state index in [-0.39, 0.29) is 5.71 Å². The SMILES string of the molecule is Cc1cc(OCc2ccccc2C(C#N)=NO)ccc1C(C)C. The van der Waals surface area contributed by atoms with Crippen molar-refractivity contribution >= 4 is 5.71 Å². The summed E-state index contributed by atoms with van der Waals surface area (Å²) in [6.45, 7) is 6.70. The van der Waals surface area contributed by atoms with E-state index in [1.807, 2.05) is 30.3 Å². The van der Waals surface area contributed by atoms with Crippen molar-refractivity contribution < 1.29 is 9.94 Å². The summed E-state index contributed by atoms with van der Waals surface area (Å²) >= 11 is 0. The molecule has 0 fully saturated rings. The monoisotopic (exact) mass is 308 g/mol. The second-order valence-corrected chi connectivity index (χ2v) is 5.68. The van der Waals surface area contributed by atoms with Crippen LogP contribution in [0.4, 0.5) is 0 Å². The van der Waals surface area contributed by atoms with E-state index in [1.165, 1.54) is 11.1 Å². The molecular weight excluding hydrogens is 288 g/mol. The van der Waals surface area contributed by atoms with Crippen LogP contribution in [0.25, 0.3) is 0 Å². The standard InChI is InChI=1S/C19H20N2O2/c1-13(2)17-9-8-16(10-14(17)3)23-12-15-6-4-5-7-18(15)19(11-20)21-22/h4-10,13,22H,12H2,1-3H3. The van der Waals surface area contributed by atoms with Gasteiger partial charge in [-0.1, -0.05) is 49.3 Å². The van der Waals surface area contributed by atoms with Crippen molar-refractivity contribution in [2.75, 3.05) is 0 Å². The molecule has 0 bridgehead atoms. The van der Waals surface area contributed by atoms with E-state index in [2.05, 4.69) is 32.0 Å². The Morgan fingerprint density at radius 2 is 2.00 bits per heavy atom. The molecule has 2 rings (SSSR count). The van der Waals surface area contributed by atoms with Crippen LogP contribution in [-0.2, 0) is 6.61 Å². The molecule has 23 heavy (non-hydrogen) atoms. The third-order valence-corrected chi connectivity index (χ3v) is 3.74. The van der Waals surface area contributed by atoms with Gasteiger partial charge in [-0.2, -0.15) is 5.26 Å². The molecule has 1 N–H and O–H groups in total. The molecule has 0 saturated carbocycles. The van der Waals surface area contributed by atoms with Gasteiger partial charge in [-0.05, 0) is 41.7 Å². The van der Waals surface area contributed by atoms with Crippen molar-refractivity contribution in [3.8, 4) is 11.8 Å². The highest BCUT2D eigenvalue weighted by Crippen LogP contribution is 2.24. The van der Waals surface area contributed by atoms with Crippen LogP contribution in [-0.4, -0.2) is 10.9 Å². The van der Waals surface area contributed by atoms with Crippen LogP contribution in [0.5, 0.6) is 5.75 Å². The van der Waals surface area contributed by atoms with Crippen molar-refractivity contribution in [1.82, 2.24) is 0 Å². The average molecular weight is 308 g/mol. The molecule has 0 aliphatic rings. The molecular formula is C19H20N2O2. The molecule has 0 radical (unpaired) electrons. The lowest BCUT2D eigenvalue weighted by molar-refractivity contribution is 0.305. The minimum Gasteiger partial charge on any atom is -0.489 e. The summed E-state index contributed by atoms with van der Waals surface area (Å²) in [4.78, 5) is 0. The summed E-state index contributed by atoms with van der Waals surface area (Å²) in [5, 5.41) is 21.0. The van der Waals surface area contributed by atoms with Gasteiger partial charge < -0.3 is 9.94 Å². The van der Waals surface area contributed by atoms with E-state index in [4.69, 9.17) is 15.2 Å². The van der Waals surface area contributed by atoms with E-state index in [9.17, 15) is 0 Å². The molecule has 0 atom stereocenters. The van der Waals surface area contributed by atoms with E-state index < -0.39 is 0 Å². The minimum atomic E-state index is -0.0180. The summed E-state index contributed by atoms with van der Waals surface area (Å²) in [7, 11) is 0. The molecule has 118 valence electrons. The summed E-state index contributed by atoms with van der Waals surface area (Å²) < 4.78 is 5.84. The summed E-state index contributed by atoms with van der Waals surface area (Å²) in [6, 6.07) is 15.2. The number of hydrogen-bond acceptors (Lipinski definition) is 4. The Balaban J connectivity index is 2.19. The third-order valence-electron chi connectivity index (χ3n) is 3.74. The van der Waals surface area contributed by atoms with Gasteiger partial charge in [0.25, 0.3) is 0 Å². The molecule has 0 unspecified atom stereocenters. The van der Waals surface area contributed by atoms with Crippen LogP contribution >= 0.6 is 0 Å². The van der Waals surface area contributed by atoms with E-state index in [0.29, 0.717) is 18.1 Å². The molecule has 0 amide bonds. The zero-order valence-electron chi connectivity index (χ0n) is 13.6. The Hall–Kier alpha value is -2.80. The smallest absolute Gasteiger partial charge is 0.187 e. The fraction of sp³-hybridized carbons (Fsp3) is 0.263. The lowest BCUT2D eigenvalue weighted by Gasteiger charge is -2.13. The number of nitriles is 1. The van der Waals surface area contributed by atoms with E-state index >= 15 is 0 Å². The quantitative estimate of drug-likeness (QED) is 0.506. The first kappa shape index (κ1) is 16.6. The Morgan fingerprint density at radius 1 is 1.26 bits per heavy atom. The fourth-order valence-electron chi connectivity index (χ4n) is 2.56. The van der Waals surface area contributed by atoms with Gasteiger partial charge in [0.15, 0.2) is 5.71 Å². The first-order valence-corrected chi connectivity index (χ1v) is 7.50. The highest BCUT2D eigenvalue weighted by Gasteiger charge is 2.10. The van der Waals surface area contributed by atoms with Crippen LogP contribution in [0.3, 0.4) is 0 Å². The Bertz CT molecular complexity index is 758. The Kier molecular flexibility index (Phi) is 5.37. The topological polar surface area (TPSA) is 65.6 Å². The second kappa shape index (κ2) is 7.46. The maximum atomic E-state index is 9.03. The lowest BCUT2D eigenvalue weighted by Crippen LogP contribution is -2.06. The number of ether oxygens (including phenoxy) is 1. The van der Waals surface area contributed by atoms with Gasteiger partial charge in [-0.25, -0.2) is 0 Å². The van der Waals surface area contributed by atoms with Gasteiger partial charge in [0, 0.05) is 5.56 Å². The first-order chi connectivity index (χ1) is 11.1. The predicted molar refractivity (Wildman–Crippen MR) is 90.0 cm³/mol. The van der Waals surface area contributed by atoms with Crippen molar-refractivity contribution in [2.24, 2.45) is 5.16 Å². The molecule has 0 heterocycles. The van der Waals surface area contributed by atoms with Crippen LogP contribution in [0.2, 0.25) is 0 Å². The molecule has 0 saturated heterocycles. The van der Waals surface area contributed by atoms with E-state index in [0.717, 1.165) is 11.3 Å². The van der Waals surface area contributed by atoms with Crippen molar-refractivity contribution in [3.05, 3.63) is 64.7 Å². The Labute approximate surface area is 136 Å². The van der Waals surface area contributed by atoms with Gasteiger partial charge >= 0.3 is 0 Å². The number of hydrogen-bond donors (Lipinski definition) is 1. The number of aryl methyl sites for hydroxylation is 1. The fourth-order valence-corrected chi connectivity index (χ4v) is 2.56. The lowest BCUT2D eigenvalue weighted by atomic mass is 9.98. The van der Waals surface area contributed by atoms with Gasteiger partial charge in [-0.3, -0.25) is 0 Å². The van der Waals surface area contributed by atoms with E-state index in [1.54, 1.807) is 12.1 Å². The van der Waals surface area contributed by atoms with Crippen LogP contribution < -0.4 is 4.74 Å².